The van der Waals surface area contributed by atoms with Gasteiger partial charge in [0.25, 0.3) is 11.5 Å². The maximum Gasteiger partial charge on any atom is 0.271 e. The number of furan rings is 1. The second kappa shape index (κ2) is 8.99. The molecule has 3 aromatic heterocycles. The minimum atomic E-state index is -0.734. The Morgan fingerprint density at radius 3 is 2.69 bits per heavy atom. The van der Waals surface area contributed by atoms with Crippen LogP contribution in [0.2, 0.25) is 0 Å². The van der Waals surface area contributed by atoms with Crippen molar-refractivity contribution in [1.82, 2.24) is 14.3 Å². The van der Waals surface area contributed by atoms with Crippen LogP contribution in [-0.4, -0.2) is 20.3 Å². The standard InChI is InChI=1S/C26H25N5O3S/c1-5-30-18(12-13-27-30)14-21-25(33)31-23(20-11-10-16(3)34-20)22(17(4)28-26(31)35-21)24(32)29-19-9-7-6-8-15(19)2/h6-14,23H,5H2,1-4H3,(H,29,32)/b21-14+. The smallest absolute Gasteiger partial charge is 0.271 e. The van der Waals surface area contributed by atoms with Crippen LogP contribution in [0.3, 0.4) is 0 Å². The summed E-state index contributed by atoms with van der Waals surface area (Å²) in [5.41, 5.74) is 3.16. The number of anilines is 1. The lowest BCUT2D eigenvalue weighted by Crippen LogP contribution is -2.40. The van der Waals surface area contributed by atoms with E-state index >= 15 is 0 Å². The van der Waals surface area contributed by atoms with Crippen molar-refractivity contribution in [2.45, 2.75) is 40.3 Å². The van der Waals surface area contributed by atoms with E-state index in [4.69, 9.17) is 4.42 Å². The van der Waals surface area contributed by atoms with Crippen LogP contribution in [0.15, 0.2) is 74.1 Å². The van der Waals surface area contributed by atoms with Crippen molar-refractivity contribution in [2.24, 2.45) is 4.99 Å². The number of hydrogen-bond acceptors (Lipinski definition) is 6. The van der Waals surface area contributed by atoms with Crippen LogP contribution in [-0.2, 0) is 11.3 Å². The highest BCUT2D eigenvalue weighted by Gasteiger charge is 2.34. The summed E-state index contributed by atoms with van der Waals surface area (Å²) in [4.78, 5) is 32.4. The summed E-state index contributed by atoms with van der Waals surface area (Å²) >= 11 is 1.29. The summed E-state index contributed by atoms with van der Waals surface area (Å²) in [7, 11) is 0. The van der Waals surface area contributed by atoms with Crippen LogP contribution in [0, 0.1) is 13.8 Å². The van der Waals surface area contributed by atoms with E-state index in [2.05, 4.69) is 15.4 Å². The quantitative estimate of drug-likeness (QED) is 0.467. The SMILES string of the molecule is CCn1nccc1/C=c1/sc2n(c1=O)C(c1ccc(C)o1)C(C(=O)Nc1ccccc1C)=C(C)N=2. The fraction of sp³-hybridized carbons (Fsp3) is 0.231. The zero-order chi connectivity index (χ0) is 24.7. The molecule has 0 radical (unpaired) electrons. The van der Waals surface area contributed by atoms with Gasteiger partial charge in [-0.1, -0.05) is 29.5 Å². The number of carbonyl (C=O) groups is 1. The zero-order valence-electron chi connectivity index (χ0n) is 19.9. The lowest BCUT2D eigenvalue weighted by Gasteiger charge is -2.23. The molecule has 1 aromatic carbocycles. The fourth-order valence-corrected chi connectivity index (χ4v) is 5.28. The zero-order valence-corrected chi connectivity index (χ0v) is 20.7. The van der Waals surface area contributed by atoms with Crippen LogP contribution < -0.4 is 20.2 Å². The molecule has 1 amide bonds. The molecule has 0 bridgehead atoms. The van der Waals surface area contributed by atoms with Gasteiger partial charge in [-0.2, -0.15) is 5.10 Å². The van der Waals surface area contributed by atoms with Crippen LogP contribution in [0.4, 0.5) is 5.69 Å². The molecule has 0 fully saturated rings. The third kappa shape index (κ3) is 4.08. The van der Waals surface area contributed by atoms with Gasteiger partial charge in [0.15, 0.2) is 4.80 Å². The summed E-state index contributed by atoms with van der Waals surface area (Å²) < 4.78 is 9.84. The van der Waals surface area contributed by atoms with Crippen LogP contribution in [0.1, 0.15) is 42.7 Å². The Kier molecular flexibility index (Phi) is 5.86. The van der Waals surface area contributed by atoms with Gasteiger partial charge in [0.2, 0.25) is 0 Å². The first-order valence-electron chi connectivity index (χ1n) is 11.3. The van der Waals surface area contributed by atoms with Gasteiger partial charge in [-0.3, -0.25) is 18.8 Å². The fourth-order valence-electron chi connectivity index (χ4n) is 4.25. The number of nitrogens with zero attached hydrogens (tertiary/aromatic N) is 4. The molecule has 0 saturated carbocycles. The Bertz CT molecular complexity index is 1650. The number of fused-ring (bicyclic) bond motifs is 1. The largest absolute Gasteiger partial charge is 0.464 e. The second-order valence-corrected chi connectivity index (χ2v) is 9.38. The Hall–Kier alpha value is -3.98. The lowest BCUT2D eigenvalue weighted by molar-refractivity contribution is -0.113. The monoisotopic (exact) mass is 487 g/mol. The van der Waals surface area contributed by atoms with Crippen molar-refractivity contribution in [3.63, 3.8) is 0 Å². The van der Waals surface area contributed by atoms with Crippen molar-refractivity contribution in [2.75, 3.05) is 5.32 Å². The van der Waals surface area contributed by atoms with Gasteiger partial charge in [-0.15, -0.1) is 0 Å². The van der Waals surface area contributed by atoms with Gasteiger partial charge < -0.3 is 9.73 Å². The van der Waals surface area contributed by atoms with E-state index in [9.17, 15) is 9.59 Å². The molecule has 0 spiro atoms. The first-order chi connectivity index (χ1) is 16.9. The first-order valence-corrected chi connectivity index (χ1v) is 12.2. The van der Waals surface area contributed by atoms with Gasteiger partial charge in [0.1, 0.15) is 17.6 Å². The molecule has 1 aliphatic heterocycles. The number of allylic oxidation sites excluding steroid dienone is 1. The van der Waals surface area contributed by atoms with E-state index in [0.717, 1.165) is 11.3 Å². The van der Waals surface area contributed by atoms with Crippen molar-refractivity contribution in [3.8, 4) is 0 Å². The molecule has 1 atom stereocenters. The Morgan fingerprint density at radius 1 is 1.17 bits per heavy atom. The highest BCUT2D eigenvalue weighted by molar-refractivity contribution is 7.07. The maximum atomic E-state index is 13.7. The highest BCUT2D eigenvalue weighted by Crippen LogP contribution is 2.32. The summed E-state index contributed by atoms with van der Waals surface area (Å²) in [6, 6.07) is 12.3. The summed E-state index contributed by atoms with van der Waals surface area (Å²) in [6.07, 6.45) is 3.52. The van der Waals surface area contributed by atoms with Crippen LogP contribution in [0.25, 0.3) is 6.08 Å². The topological polar surface area (TPSA) is 94.4 Å². The van der Waals surface area contributed by atoms with Gasteiger partial charge in [0, 0.05) is 18.4 Å². The van der Waals surface area contributed by atoms with Gasteiger partial charge in [-0.25, -0.2) is 4.99 Å². The number of rotatable bonds is 5. The average molecular weight is 488 g/mol. The lowest BCUT2D eigenvalue weighted by atomic mass is 10.00. The molecule has 8 nitrogen and oxygen atoms in total. The second-order valence-electron chi connectivity index (χ2n) is 8.37. The number of nitrogens with one attached hydrogen (secondary N) is 1. The number of aromatic nitrogens is 3. The summed E-state index contributed by atoms with van der Waals surface area (Å²) in [5.74, 6) is 0.887. The Morgan fingerprint density at radius 2 is 1.97 bits per heavy atom. The van der Waals surface area contributed by atoms with Crippen molar-refractivity contribution < 1.29 is 9.21 Å². The van der Waals surface area contributed by atoms with Crippen LogP contribution in [0.5, 0.6) is 0 Å². The minimum Gasteiger partial charge on any atom is -0.464 e. The molecule has 1 N–H and O–H groups in total. The van der Waals surface area contributed by atoms with Crippen molar-refractivity contribution >= 4 is 29.0 Å². The molecular formula is C26H25N5O3S. The molecule has 1 unspecified atom stereocenters. The molecule has 9 heteroatoms. The first kappa shape index (κ1) is 22.8. The molecule has 4 aromatic rings. The van der Waals surface area contributed by atoms with E-state index in [1.807, 2.05) is 74.0 Å². The molecule has 0 aliphatic carbocycles. The third-order valence-electron chi connectivity index (χ3n) is 6.02. The minimum absolute atomic E-state index is 0.231. The Labute approximate surface area is 205 Å². The number of aryl methyl sites for hydroxylation is 3. The van der Waals surface area contributed by atoms with Gasteiger partial charge >= 0.3 is 0 Å². The molecule has 178 valence electrons. The number of carbonyl (C=O) groups excluding carboxylic acids is 1. The van der Waals surface area contributed by atoms with Crippen molar-refractivity contribution in [3.05, 3.63) is 102 Å². The van der Waals surface area contributed by atoms with Crippen molar-refractivity contribution in [1.29, 1.82) is 0 Å². The predicted molar refractivity (Wildman–Crippen MR) is 135 cm³/mol. The van der Waals surface area contributed by atoms with Gasteiger partial charge in [0.05, 0.1) is 21.5 Å². The van der Waals surface area contributed by atoms with E-state index < -0.39 is 6.04 Å². The third-order valence-corrected chi connectivity index (χ3v) is 7.00. The van der Waals surface area contributed by atoms with E-state index in [1.165, 1.54) is 11.3 Å². The summed E-state index contributed by atoms with van der Waals surface area (Å²) in [6.45, 7) is 8.24. The number of thiazole rings is 1. The van der Waals surface area contributed by atoms with Crippen LogP contribution >= 0.6 is 11.3 Å². The maximum absolute atomic E-state index is 13.7. The molecular weight excluding hydrogens is 462 g/mol. The normalized spacial score (nSPS) is 15.8. The number of hydrogen-bond donors (Lipinski definition) is 1. The predicted octanol–water partition coefficient (Wildman–Crippen LogP) is 3.30. The van der Waals surface area contributed by atoms with Gasteiger partial charge in [-0.05, 0) is 63.6 Å². The van der Waals surface area contributed by atoms with E-state index in [-0.39, 0.29) is 11.5 Å². The van der Waals surface area contributed by atoms with E-state index in [0.29, 0.717) is 44.4 Å². The average Bonchev–Trinajstić information content (AvgIpc) is 3.54. The molecule has 1 aliphatic rings. The molecule has 35 heavy (non-hydrogen) atoms. The molecule has 4 heterocycles. The number of benzene rings is 1. The Balaban J connectivity index is 1.67. The molecule has 5 rings (SSSR count). The highest BCUT2D eigenvalue weighted by atomic mass is 32.1. The number of amides is 1. The molecule has 0 saturated heterocycles. The van der Waals surface area contributed by atoms with E-state index in [1.54, 1.807) is 17.7 Å². The summed E-state index contributed by atoms with van der Waals surface area (Å²) in [5, 5.41) is 7.28. The number of para-hydroxylation sites is 1.